The van der Waals surface area contributed by atoms with Gasteiger partial charge in [0.05, 0.1) is 0 Å². The van der Waals surface area contributed by atoms with Crippen molar-refractivity contribution < 1.29 is 0 Å². The van der Waals surface area contributed by atoms with Crippen molar-refractivity contribution in [1.29, 1.82) is 0 Å². The molecule has 2 unspecified atom stereocenters. The molecule has 1 aromatic heterocycles. The molecule has 1 saturated heterocycles. The number of nitrogens with zero attached hydrogens (tertiary/aromatic N) is 3. The Kier molecular flexibility index (Phi) is 3.35. The Bertz CT molecular complexity index is 407. The highest BCUT2D eigenvalue weighted by Crippen LogP contribution is 2.37. The number of fused-ring (bicyclic) bond motifs is 1. The van der Waals surface area contributed by atoms with Crippen molar-refractivity contribution in [1.82, 2.24) is 9.97 Å². The van der Waals surface area contributed by atoms with Crippen LogP contribution in [0.25, 0.3) is 0 Å². The smallest absolute Gasteiger partial charge is 0.134 e. The maximum Gasteiger partial charge on any atom is 0.134 e. The van der Waals surface area contributed by atoms with Gasteiger partial charge < -0.3 is 10.2 Å². The summed E-state index contributed by atoms with van der Waals surface area (Å²) in [6, 6.07) is 2.06. The predicted molar refractivity (Wildman–Crippen MR) is 73.9 cm³/mol. The van der Waals surface area contributed by atoms with E-state index in [0.29, 0.717) is 0 Å². The van der Waals surface area contributed by atoms with Crippen molar-refractivity contribution in [3.63, 3.8) is 0 Å². The third kappa shape index (κ3) is 2.28. The number of anilines is 2. The van der Waals surface area contributed by atoms with Gasteiger partial charge in [0, 0.05) is 26.2 Å². The minimum Gasteiger partial charge on any atom is -0.373 e. The molecule has 2 fully saturated rings. The highest BCUT2D eigenvalue weighted by atomic mass is 15.2. The van der Waals surface area contributed by atoms with E-state index in [1.807, 2.05) is 7.05 Å². The first-order chi connectivity index (χ1) is 8.86. The van der Waals surface area contributed by atoms with Gasteiger partial charge in [0.2, 0.25) is 0 Å². The average molecular weight is 246 g/mol. The van der Waals surface area contributed by atoms with Gasteiger partial charge in [-0.2, -0.15) is 0 Å². The summed E-state index contributed by atoms with van der Waals surface area (Å²) in [5, 5.41) is 3.08. The molecule has 2 aliphatic rings. The van der Waals surface area contributed by atoms with Crippen molar-refractivity contribution in [3.05, 3.63) is 12.4 Å². The minimum absolute atomic E-state index is 0.889. The Morgan fingerprint density at radius 2 is 2.00 bits per heavy atom. The van der Waals surface area contributed by atoms with Gasteiger partial charge in [-0.25, -0.2) is 9.97 Å². The van der Waals surface area contributed by atoms with Crippen LogP contribution in [-0.4, -0.2) is 30.1 Å². The second-order valence-corrected chi connectivity index (χ2v) is 5.55. The zero-order valence-electron chi connectivity index (χ0n) is 11.1. The highest BCUT2D eigenvalue weighted by molar-refractivity contribution is 5.48. The molecule has 0 spiro atoms. The highest BCUT2D eigenvalue weighted by Gasteiger charge is 2.31. The largest absolute Gasteiger partial charge is 0.373 e. The number of aromatic nitrogens is 2. The third-order valence-corrected chi connectivity index (χ3v) is 4.52. The normalized spacial score (nSPS) is 27.7. The van der Waals surface area contributed by atoms with E-state index in [0.717, 1.165) is 30.0 Å². The Labute approximate surface area is 109 Å². The quantitative estimate of drug-likeness (QED) is 0.870. The van der Waals surface area contributed by atoms with Gasteiger partial charge in [0.15, 0.2) is 0 Å². The van der Waals surface area contributed by atoms with Crippen LogP contribution in [0.3, 0.4) is 0 Å². The van der Waals surface area contributed by atoms with Gasteiger partial charge in [-0.15, -0.1) is 0 Å². The topological polar surface area (TPSA) is 41.0 Å². The number of rotatable bonds is 2. The van der Waals surface area contributed by atoms with E-state index in [9.17, 15) is 0 Å². The van der Waals surface area contributed by atoms with Gasteiger partial charge in [-0.3, -0.25) is 0 Å². The van der Waals surface area contributed by atoms with Gasteiger partial charge in [-0.1, -0.05) is 19.3 Å². The zero-order valence-corrected chi connectivity index (χ0v) is 11.1. The Hall–Kier alpha value is -1.32. The van der Waals surface area contributed by atoms with Crippen LogP contribution in [0, 0.1) is 11.8 Å². The van der Waals surface area contributed by atoms with Crippen molar-refractivity contribution in [3.8, 4) is 0 Å². The van der Waals surface area contributed by atoms with E-state index in [-0.39, 0.29) is 0 Å². The first-order valence-corrected chi connectivity index (χ1v) is 7.11. The van der Waals surface area contributed by atoms with Crippen LogP contribution in [0.5, 0.6) is 0 Å². The first-order valence-electron chi connectivity index (χ1n) is 7.11. The predicted octanol–water partition coefficient (Wildman–Crippen LogP) is 2.53. The van der Waals surface area contributed by atoms with E-state index in [1.165, 1.54) is 38.6 Å². The lowest BCUT2D eigenvalue weighted by Crippen LogP contribution is -2.42. The van der Waals surface area contributed by atoms with E-state index < -0.39 is 0 Å². The molecule has 1 saturated carbocycles. The van der Waals surface area contributed by atoms with Gasteiger partial charge >= 0.3 is 0 Å². The van der Waals surface area contributed by atoms with Crippen LogP contribution in [0.15, 0.2) is 12.4 Å². The summed E-state index contributed by atoms with van der Waals surface area (Å²) in [7, 11) is 1.90. The van der Waals surface area contributed by atoms with Crippen LogP contribution >= 0.6 is 0 Å². The molecule has 2 heterocycles. The fraction of sp³-hybridized carbons (Fsp3) is 0.714. The molecular formula is C14H22N4. The molecule has 18 heavy (non-hydrogen) atoms. The van der Waals surface area contributed by atoms with Gasteiger partial charge in [0.1, 0.15) is 18.0 Å². The minimum atomic E-state index is 0.889. The number of piperidine rings is 1. The Balaban J connectivity index is 1.72. The van der Waals surface area contributed by atoms with Crippen LogP contribution in [-0.2, 0) is 0 Å². The van der Waals surface area contributed by atoms with Gasteiger partial charge in [0.25, 0.3) is 0 Å². The van der Waals surface area contributed by atoms with Crippen molar-refractivity contribution in [2.75, 3.05) is 30.4 Å². The summed E-state index contributed by atoms with van der Waals surface area (Å²) >= 11 is 0. The second kappa shape index (κ2) is 5.12. The lowest BCUT2D eigenvalue weighted by atomic mass is 9.75. The van der Waals surface area contributed by atoms with Crippen LogP contribution in [0.2, 0.25) is 0 Å². The van der Waals surface area contributed by atoms with Crippen molar-refractivity contribution in [2.45, 2.75) is 32.1 Å². The standard InChI is InChI=1S/C14H22N4/c1-15-13-8-14(17-10-16-13)18-7-6-11-4-2-3-5-12(11)9-18/h8,10-12H,2-7,9H2,1H3,(H,15,16,17). The molecule has 0 aromatic carbocycles. The van der Waals surface area contributed by atoms with Crippen LogP contribution in [0.1, 0.15) is 32.1 Å². The fourth-order valence-electron chi connectivity index (χ4n) is 3.47. The van der Waals surface area contributed by atoms with E-state index in [2.05, 4.69) is 26.3 Å². The molecule has 0 amide bonds. The lowest BCUT2D eigenvalue weighted by molar-refractivity contribution is 0.202. The Morgan fingerprint density at radius 3 is 2.83 bits per heavy atom. The maximum absolute atomic E-state index is 4.42. The molecule has 4 nitrogen and oxygen atoms in total. The summed E-state index contributed by atoms with van der Waals surface area (Å²) in [6.07, 6.45) is 8.71. The monoisotopic (exact) mass is 246 g/mol. The third-order valence-electron chi connectivity index (χ3n) is 4.52. The van der Waals surface area contributed by atoms with E-state index in [1.54, 1.807) is 6.33 Å². The molecule has 0 bridgehead atoms. The first kappa shape index (κ1) is 11.8. The molecule has 1 aliphatic heterocycles. The number of hydrogen-bond acceptors (Lipinski definition) is 4. The maximum atomic E-state index is 4.42. The zero-order chi connectivity index (χ0) is 12.4. The van der Waals surface area contributed by atoms with E-state index in [4.69, 9.17) is 0 Å². The molecule has 2 atom stereocenters. The van der Waals surface area contributed by atoms with E-state index >= 15 is 0 Å². The van der Waals surface area contributed by atoms with Crippen molar-refractivity contribution >= 4 is 11.6 Å². The van der Waals surface area contributed by atoms with Crippen LogP contribution < -0.4 is 10.2 Å². The van der Waals surface area contributed by atoms with Crippen LogP contribution in [0.4, 0.5) is 11.6 Å². The molecular weight excluding hydrogens is 224 g/mol. The molecule has 4 heteroatoms. The average Bonchev–Trinajstić information content (AvgIpc) is 2.47. The molecule has 1 aromatic rings. The summed E-state index contributed by atoms with van der Waals surface area (Å²) in [4.78, 5) is 11.0. The van der Waals surface area contributed by atoms with Gasteiger partial charge in [-0.05, 0) is 24.7 Å². The lowest BCUT2D eigenvalue weighted by Gasteiger charge is -2.41. The molecule has 1 N–H and O–H groups in total. The van der Waals surface area contributed by atoms with Crippen molar-refractivity contribution in [2.24, 2.45) is 11.8 Å². The summed E-state index contributed by atoms with van der Waals surface area (Å²) < 4.78 is 0. The Morgan fingerprint density at radius 1 is 1.17 bits per heavy atom. The number of hydrogen-bond donors (Lipinski definition) is 1. The summed E-state index contributed by atoms with van der Waals surface area (Å²) in [6.45, 7) is 2.34. The molecule has 1 aliphatic carbocycles. The summed E-state index contributed by atoms with van der Waals surface area (Å²) in [5.74, 6) is 3.85. The fourth-order valence-corrected chi connectivity index (χ4v) is 3.47. The number of nitrogens with one attached hydrogen (secondary N) is 1. The SMILES string of the molecule is CNc1cc(N2CCC3CCCCC3C2)ncn1. The summed E-state index contributed by atoms with van der Waals surface area (Å²) in [5.41, 5.74) is 0. The molecule has 98 valence electrons. The molecule has 3 rings (SSSR count). The second-order valence-electron chi connectivity index (χ2n) is 5.55. The molecule has 0 radical (unpaired) electrons.